The first-order valence-electron chi connectivity index (χ1n) is 13.5. The van der Waals surface area contributed by atoms with Gasteiger partial charge in [0.05, 0.1) is 46.2 Å². The van der Waals surface area contributed by atoms with Crippen molar-refractivity contribution in [3.05, 3.63) is 12.2 Å². The predicted octanol–water partition coefficient (Wildman–Crippen LogP) is 5.58. The van der Waals surface area contributed by atoms with E-state index >= 15 is 0 Å². The molecule has 0 fully saturated rings. The molecule has 0 rings (SSSR count). The Morgan fingerprint density at radius 1 is 0.657 bits per heavy atom. The zero-order chi connectivity index (χ0) is 25.7. The highest BCUT2D eigenvalue weighted by Gasteiger charge is 1.98. The number of hydrogen-bond acceptors (Lipinski definition) is 6. The summed E-state index contributed by atoms with van der Waals surface area (Å²) in [6.07, 6.45) is 19.8. The predicted molar refractivity (Wildman–Crippen MR) is 142 cm³/mol. The normalized spacial score (nSPS) is 11.4. The van der Waals surface area contributed by atoms with E-state index in [0.717, 1.165) is 25.7 Å². The van der Waals surface area contributed by atoms with E-state index in [9.17, 15) is 9.59 Å². The van der Waals surface area contributed by atoms with Crippen molar-refractivity contribution in [3.8, 4) is 0 Å². The number of halogens is 1. The van der Waals surface area contributed by atoms with Gasteiger partial charge in [0.2, 0.25) is 11.1 Å². The van der Waals surface area contributed by atoms with Crippen molar-refractivity contribution in [2.75, 3.05) is 59.9 Å². The number of rotatable bonds is 28. The third-order valence-electron chi connectivity index (χ3n) is 5.48. The molecule has 1 amide bonds. The molecule has 0 saturated heterocycles. The highest BCUT2D eigenvalue weighted by Crippen LogP contribution is 2.13. The third kappa shape index (κ3) is 31.0. The van der Waals surface area contributed by atoms with Crippen LogP contribution in [0.1, 0.15) is 89.9 Å². The maximum absolute atomic E-state index is 11.8. The molecule has 0 aliphatic rings. The molecule has 35 heavy (non-hydrogen) atoms. The van der Waals surface area contributed by atoms with Gasteiger partial charge in [-0.25, -0.2) is 0 Å². The maximum atomic E-state index is 11.8. The second-order valence-corrected chi connectivity index (χ2v) is 9.08. The molecule has 1 N–H and O–H groups in total. The number of carbonyl (C=O) groups excluding carboxylic acids is 2. The van der Waals surface area contributed by atoms with Crippen molar-refractivity contribution in [2.45, 2.75) is 89.9 Å². The zero-order valence-electron chi connectivity index (χ0n) is 22.0. The van der Waals surface area contributed by atoms with Crippen molar-refractivity contribution in [1.82, 2.24) is 5.32 Å². The van der Waals surface area contributed by atoms with Crippen LogP contribution in [0.5, 0.6) is 0 Å². The SMILES string of the molecule is COCCOCCOCCOCCNC(=O)/C=C/CCCCCCCCCCCCCCC(=O)Cl. The zero-order valence-corrected chi connectivity index (χ0v) is 22.8. The maximum Gasteiger partial charge on any atom is 0.243 e. The number of hydrogen-bond donors (Lipinski definition) is 1. The summed E-state index contributed by atoms with van der Waals surface area (Å²) < 4.78 is 21.0. The van der Waals surface area contributed by atoms with Crippen LogP contribution >= 0.6 is 11.6 Å². The molecule has 0 aromatic rings. The van der Waals surface area contributed by atoms with E-state index in [1.165, 1.54) is 57.8 Å². The summed E-state index contributed by atoms with van der Waals surface area (Å²) in [5, 5.41) is 2.62. The molecule has 0 spiro atoms. The first-order valence-corrected chi connectivity index (χ1v) is 13.9. The fourth-order valence-electron chi connectivity index (χ4n) is 3.47. The Hall–Kier alpha value is -0.990. The van der Waals surface area contributed by atoms with Gasteiger partial charge in [0.1, 0.15) is 0 Å². The highest BCUT2D eigenvalue weighted by atomic mass is 35.5. The number of ether oxygens (including phenoxy) is 4. The van der Waals surface area contributed by atoms with E-state index in [1.54, 1.807) is 13.2 Å². The Kier molecular flexibility index (Phi) is 28.4. The highest BCUT2D eigenvalue weighted by molar-refractivity contribution is 6.63. The largest absolute Gasteiger partial charge is 0.382 e. The van der Waals surface area contributed by atoms with E-state index in [0.29, 0.717) is 59.2 Å². The molecule has 0 aliphatic carbocycles. The number of nitrogens with one attached hydrogen (secondary N) is 1. The van der Waals surface area contributed by atoms with Gasteiger partial charge in [-0.2, -0.15) is 0 Å². The summed E-state index contributed by atoms with van der Waals surface area (Å²) in [4.78, 5) is 22.4. The molecule has 0 bridgehead atoms. The molecular weight excluding hydrogens is 470 g/mol. The summed E-state index contributed by atoms with van der Waals surface area (Å²) in [6.45, 7) is 4.25. The van der Waals surface area contributed by atoms with Crippen LogP contribution in [-0.2, 0) is 28.5 Å². The van der Waals surface area contributed by atoms with Gasteiger partial charge in [-0.3, -0.25) is 9.59 Å². The molecule has 0 radical (unpaired) electrons. The second-order valence-electron chi connectivity index (χ2n) is 8.66. The van der Waals surface area contributed by atoms with Gasteiger partial charge < -0.3 is 24.3 Å². The van der Waals surface area contributed by atoms with Gasteiger partial charge in [-0.05, 0) is 36.9 Å². The lowest BCUT2D eigenvalue weighted by Gasteiger charge is -2.07. The van der Waals surface area contributed by atoms with Gasteiger partial charge in [-0.15, -0.1) is 0 Å². The summed E-state index contributed by atoms with van der Waals surface area (Å²) in [5.74, 6) is -0.0643. The lowest BCUT2D eigenvalue weighted by atomic mass is 10.0. The molecule has 0 saturated carbocycles. The van der Waals surface area contributed by atoms with Gasteiger partial charge in [0.25, 0.3) is 0 Å². The van der Waals surface area contributed by atoms with E-state index in [2.05, 4.69) is 5.32 Å². The van der Waals surface area contributed by atoms with E-state index in [1.807, 2.05) is 6.08 Å². The van der Waals surface area contributed by atoms with Crippen LogP contribution in [0.2, 0.25) is 0 Å². The average Bonchev–Trinajstić information content (AvgIpc) is 2.84. The smallest absolute Gasteiger partial charge is 0.243 e. The molecular formula is C27H50ClNO6. The van der Waals surface area contributed by atoms with E-state index in [-0.39, 0.29) is 11.1 Å². The topological polar surface area (TPSA) is 83.1 Å². The molecule has 7 nitrogen and oxygen atoms in total. The Labute approximate surface area is 218 Å². The number of methoxy groups -OCH3 is 1. The minimum absolute atomic E-state index is 0.0643. The van der Waals surface area contributed by atoms with E-state index < -0.39 is 0 Å². The molecule has 8 heteroatoms. The van der Waals surface area contributed by atoms with Gasteiger partial charge in [-0.1, -0.05) is 70.3 Å². The van der Waals surface area contributed by atoms with Crippen molar-refractivity contribution < 1.29 is 28.5 Å². The van der Waals surface area contributed by atoms with Crippen LogP contribution in [-0.4, -0.2) is 71.1 Å². The molecule has 0 atom stereocenters. The van der Waals surface area contributed by atoms with Crippen LogP contribution < -0.4 is 5.32 Å². The van der Waals surface area contributed by atoms with Crippen LogP contribution in [0.4, 0.5) is 0 Å². The van der Waals surface area contributed by atoms with Gasteiger partial charge in [0, 0.05) is 20.1 Å². The first-order chi connectivity index (χ1) is 17.2. The number of allylic oxidation sites excluding steroid dienone is 1. The van der Waals surface area contributed by atoms with Crippen molar-refractivity contribution in [2.24, 2.45) is 0 Å². The van der Waals surface area contributed by atoms with E-state index in [4.69, 9.17) is 30.5 Å². The monoisotopic (exact) mass is 519 g/mol. The number of amides is 1. The average molecular weight is 520 g/mol. The van der Waals surface area contributed by atoms with Crippen molar-refractivity contribution in [1.29, 1.82) is 0 Å². The first kappa shape index (κ1) is 34.0. The molecule has 0 heterocycles. The van der Waals surface area contributed by atoms with Crippen LogP contribution in [0.15, 0.2) is 12.2 Å². The van der Waals surface area contributed by atoms with Gasteiger partial charge >= 0.3 is 0 Å². The Morgan fingerprint density at radius 3 is 1.63 bits per heavy atom. The quantitative estimate of drug-likeness (QED) is 0.0825. The Balaban J connectivity index is 3.23. The van der Waals surface area contributed by atoms with Crippen LogP contribution in [0.25, 0.3) is 0 Å². The van der Waals surface area contributed by atoms with Crippen molar-refractivity contribution in [3.63, 3.8) is 0 Å². The van der Waals surface area contributed by atoms with Crippen molar-refractivity contribution >= 4 is 22.8 Å². The number of carbonyl (C=O) groups is 2. The minimum Gasteiger partial charge on any atom is -0.382 e. The Morgan fingerprint density at radius 2 is 1.11 bits per heavy atom. The van der Waals surface area contributed by atoms with Crippen LogP contribution in [0.3, 0.4) is 0 Å². The van der Waals surface area contributed by atoms with Crippen LogP contribution in [0, 0.1) is 0 Å². The molecule has 0 aromatic heterocycles. The summed E-state index contributed by atoms with van der Waals surface area (Å²) >= 11 is 5.33. The number of unbranched alkanes of at least 4 members (excludes halogenated alkanes) is 12. The lowest BCUT2D eigenvalue weighted by Crippen LogP contribution is -2.26. The summed E-state index contributed by atoms with van der Waals surface area (Å²) in [6, 6.07) is 0. The molecule has 206 valence electrons. The van der Waals surface area contributed by atoms with Gasteiger partial charge in [0.15, 0.2) is 0 Å². The second kappa shape index (κ2) is 29.2. The summed E-state index contributed by atoms with van der Waals surface area (Å²) in [7, 11) is 1.64. The molecule has 0 unspecified atom stereocenters. The summed E-state index contributed by atoms with van der Waals surface area (Å²) in [5.41, 5.74) is 0. The molecule has 0 aromatic carbocycles. The fourth-order valence-corrected chi connectivity index (χ4v) is 3.61. The standard InChI is InChI=1S/C27H50ClNO6/c1-32-20-21-34-24-25-35-23-22-33-19-18-29-27(31)17-15-13-11-9-7-5-3-2-4-6-8-10-12-14-16-26(28)30/h15,17H,2-14,16,18-25H2,1H3,(H,29,31)/b17-15+. The fraction of sp³-hybridized carbons (Fsp3) is 0.852. The minimum atomic E-state index is -0.210. The third-order valence-corrected chi connectivity index (χ3v) is 5.67. The lowest BCUT2D eigenvalue weighted by molar-refractivity contribution is -0.116. The Bertz CT molecular complexity index is 504. The molecule has 0 aliphatic heterocycles.